The summed E-state index contributed by atoms with van der Waals surface area (Å²) in [5.41, 5.74) is 2.89. The Balaban J connectivity index is 1.68. The number of thiazole rings is 2. The molecule has 0 unspecified atom stereocenters. The molecule has 3 N–H and O–H groups in total. The number of hydroxylamine groups is 1. The minimum absolute atomic E-state index is 0.179. The SMILES string of the molecule is Cc1nc(-c2ccccn2)sc1C(=O)NCc1ncc(C(=O)NO)s1. The van der Waals surface area contributed by atoms with E-state index in [0.29, 0.717) is 26.3 Å². The minimum Gasteiger partial charge on any atom is -0.345 e. The van der Waals surface area contributed by atoms with Gasteiger partial charge in [0.05, 0.1) is 24.1 Å². The van der Waals surface area contributed by atoms with E-state index in [2.05, 4.69) is 20.3 Å². The van der Waals surface area contributed by atoms with E-state index in [-0.39, 0.29) is 17.3 Å². The molecule has 2 amide bonds. The van der Waals surface area contributed by atoms with Crippen LogP contribution in [0.3, 0.4) is 0 Å². The molecule has 0 aliphatic rings. The highest BCUT2D eigenvalue weighted by atomic mass is 32.1. The molecule has 0 fully saturated rings. The molecular weight excluding hydrogens is 362 g/mol. The lowest BCUT2D eigenvalue weighted by Crippen LogP contribution is -2.22. The van der Waals surface area contributed by atoms with Crippen LogP contribution in [0.5, 0.6) is 0 Å². The van der Waals surface area contributed by atoms with Crippen LogP contribution in [0.1, 0.15) is 30.0 Å². The Morgan fingerprint density at radius 1 is 1.20 bits per heavy atom. The van der Waals surface area contributed by atoms with Gasteiger partial charge < -0.3 is 5.32 Å². The van der Waals surface area contributed by atoms with Crippen molar-refractivity contribution in [3.63, 3.8) is 0 Å². The van der Waals surface area contributed by atoms with Crippen LogP contribution in [0.2, 0.25) is 0 Å². The summed E-state index contributed by atoms with van der Waals surface area (Å²) in [7, 11) is 0. The highest BCUT2D eigenvalue weighted by Crippen LogP contribution is 2.26. The second kappa shape index (κ2) is 7.47. The van der Waals surface area contributed by atoms with Crippen molar-refractivity contribution in [3.05, 3.63) is 51.0 Å². The van der Waals surface area contributed by atoms with Crippen molar-refractivity contribution in [2.75, 3.05) is 0 Å². The third kappa shape index (κ3) is 3.87. The smallest absolute Gasteiger partial charge is 0.286 e. The van der Waals surface area contributed by atoms with Crippen molar-refractivity contribution in [2.45, 2.75) is 13.5 Å². The summed E-state index contributed by atoms with van der Waals surface area (Å²) >= 11 is 2.36. The molecule has 3 heterocycles. The summed E-state index contributed by atoms with van der Waals surface area (Å²) in [5, 5.41) is 12.6. The van der Waals surface area contributed by atoms with Crippen LogP contribution in [-0.2, 0) is 6.54 Å². The largest absolute Gasteiger partial charge is 0.345 e. The molecule has 0 radical (unpaired) electrons. The van der Waals surface area contributed by atoms with E-state index >= 15 is 0 Å². The molecule has 0 spiro atoms. The van der Waals surface area contributed by atoms with Gasteiger partial charge in [0, 0.05) is 6.20 Å². The summed E-state index contributed by atoms with van der Waals surface area (Å²) in [6.45, 7) is 1.95. The topological polar surface area (TPSA) is 117 Å². The number of carbonyl (C=O) groups is 2. The molecule has 8 nitrogen and oxygen atoms in total. The Labute approximate surface area is 150 Å². The number of hydrogen-bond donors (Lipinski definition) is 3. The number of rotatable bonds is 5. The van der Waals surface area contributed by atoms with E-state index in [0.717, 1.165) is 11.3 Å². The predicted molar refractivity (Wildman–Crippen MR) is 92.6 cm³/mol. The summed E-state index contributed by atoms with van der Waals surface area (Å²) in [6.07, 6.45) is 3.02. The van der Waals surface area contributed by atoms with Crippen molar-refractivity contribution in [1.82, 2.24) is 25.7 Å². The standard InChI is InChI=1S/C15H13N5O3S2/c1-8-12(25-15(19-8)9-4-2-3-5-16-9)14(22)18-7-11-17-6-10(24-11)13(21)20-23/h2-6,23H,7H2,1H3,(H,18,22)(H,20,21). The maximum absolute atomic E-state index is 12.4. The second-order valence-corrected chi connectivity index (χ2v) is 7.00. The fraction of sp³-hybridized carbons (Fsp3) is 0.133. The molecule has 0 aliphatic carbocycles. The van der Waals surface area contributed by atoms with Gasteiger partial charge in [-0.1, -0.05) is 6.07 Å². The number of amides is 2. The van der Waals surface area contributed by atoms with Crippen LogP contribution in [0.15, 0.2) is 30.6 Å². The van der Waals surface area contributed by atoms with Crippen molar-refractivity contribution in [2.24, 2.45) is 0 Å². The van der Waals surface area contributed by atoms with Gasteiger partial charge in [-0.25, -0.2) is 15.4 Å². The Morgan fingerprint density at radius 2 is 2.04 bits per heavy atom. The fourth-order valence-corrected chi connectivity index (χ4v) is 3.70. The zero-order valence-electron chi connectivity index (χ0n) is 13.0. The molecule has 128 valence electrons. The van der Waals surface area contributed by atoms with Gasteiger partial charge in [-0.3, -0.25) is 19.8 Å². The number of pyridine rings is 1. The van der Waals surface area contributed by atoms with E-state index in [9.17, 15) is 9.59 Å². The Kier molecular flexibility index (Phi) is 5.12. The number of hydrogen-bond acceptors (Lipinski definition) is 8. The van der Waals surface area contributed by atoms with E-state index < -0.39 is 5.91 Å². The highest BCUT2D eigenvalue weighted by Gasteiger charge is 2.17. The maximum Gasteiger partial charge on any atom is 0.286 e. The molecule has 3 aromatic rings. The average molecular weight is 375 g/mol. The van der Waals surface area contributed by atoms with Crippen LogP contribution >= 0.6 is 22.7 Å². The number of nitrogens with zero attached hydrogens (tertiary/aromatic N) is 3. The molecule has 3 aromatic heterocycles. The van der Waals surface area contributed by atoms with Gasteiger partial charge in [0.2, 0.25) is 0 Å². The van der Waals surface area contributed by atoms with Gasteiger partial charge >= 0.3 is 0 Å². The van der Waals surface area contributed by atoms with Gasteiger partial charge in [-0.2, -0.15) is 0 Å². The first-order valence-electron chi connectivity index (χ1n) is 7.14. The number of aromatic nitrogens is 3. The third-order valence-corrected chi connectivity index (χ3v) is 5.34. The molecule has 0 bridgehead atoms. The number of nitrogens with one attached hydrogen (secondary N) is 2. The van der Waals surface area contributed by atoms with Crippen LogP contribution in [-0.4, -0.2) is 32.0 Å². The molecule has 0 aromatic carbocycles. The summed E-state index contributed by atoms with van der Waals surface area (Å²) in [6, 6.07) is 5.52. The van der Waals surface area contributed by atoms with Gasteiger partial charge in [0.1, 0.15) is 19.8 Å². The van der Waals surface area contributed by atoms with Crippen LogP contribution in [0.4, 0.5) is 0 Å². The van der Waals surface area contributed by atoms with Gasteiger partial charge in [0.25, 0.3) is 11.8 Å². The number of aryl methyl sites for hydroxylation is 1. The molecule has 0 saturated carbocycles. The number of carbonyl (C=O) groups excluding carboxylic acids is 2. The zero-order valence-corrected chi connectivity index (χ0v) is 14.6. The first-order valence-corrected chi connectivity index (χ1v) is 8.78. The van der Waals surface area contributed by atoms with Gasteiger partial charge in [0.15, 0.2) is 0 Å². The van der Waals surface area contributed by atoms with Crippen molar-refractivity contribution in [1.29, 1.82) is 0 Å². The summed E-state index contributed by atoms with van der Waals surface area (Å²) < 4.78 is 0. The van der Waals surface area contributed by atoms with Crippen molar-refractivity contribution >= 4 is 34.5 Å². The quantitative estimate of drug-likeness (QED) is 0.464. The first-order chi connectivity index (χ1) is 12.1. The van der Waals surface area contributed by atoms with Gasteiger partial charge in [-0.05, 0) is 19.1 Å². The molecule has 10 heteroatoms. The molecule has 0 saturated heterocycles. The predicted octanol–water partition coefficient (Wildman–Crippen LogP) is 2.02. The van der Waals surface area contributed by atoms with E-state index in [1.165, 1.54) is 17.5 Å². The lowest BCUT2D eigenvalue weighted by molar-refractivity contribution is 0.0710. The van der Waals surface area contributed by atoms with Crippen molar-refractivity contribution in [3.8, 4) is 10.7 Å². The van der Waals surface area contributed by atoms with Gasteiger partial charge in [-0.15, -0.1) is 22.7 Å². The molecule has 0 aliphatic heterocycles. The lowest BCUT2D eigenvalue weighted by Gasteiger charge is -2.01. The Morgan fingerprint density at radius 3 is 2.76 bits per heavy atom. The molecule has 25 heavy (non-hydrogen) atoms. The third-order valence-electron chi connectivity index (χ3n) is 3.17. The molecule has 0 atom stereocenters. The minimum atomic E-state index is -0.631. The monoisotopic (exact) mass is 375 g/mol. The Bertz CT molecular complexity index is 907. The van der Waals surface area contributed by atoms with E-state index in [4.69, 9.17) is 5.21 Å². The van der Waals surface area contributed by atoms with Crippen LogP contribution in [0.25, 0.3) is 10.7 Å². The maximum atomic E-state index is 12.4. The second-order valence-electron chi connectivity index (χ2n) is 4.89. The molecule has 3 rings (SSSR count). The first kappa shape index (κ1) is 17.1. The normalized spacial score (nSPS) is 10.5. The highest BCUT2D eigenvalue weighted by molar-refractivity contribution is 7.17. The summed E-state index contributed by atoms with van der Waals surface area (Å²) in [5.74, 6) is -0.895. The van der Waals surface area contributed by atoms with E-state index in [1.54, 1.807) is 18.6 Å². The van der Waals surface area contributed by atoms with Crippen LogP contribution in [0, 0.1) is 6.92 Å². The van der Waals surface area contributed by atoms with E-state index in [1.807, 2.05) is 18.2 Å². The van der Waals surface area contributed by atoms with Crippen molar-refractivity contribution < 1.29 is 14.8 Å². The van der Waals surface area contributed by atoms with Crippen LogP contribution < -0.4 is 10.8 Å². The average Bonchev–Trinajstić information content (AvgIpc) is 3.26. The Hall–Kier alpha value is -2.69. The molecular formula is C15H13N5O3S2. The lowest BCUT2D eigenvalue weighted by atomic mass is 10.3. The fourth-order valence-electron chi connectivity index (χ4n) is 1.99. The zero-order chi connectivity index (χ0) is 17.8. The summed E-state index contributed by atoms with van der Waals surface area (Å²) in [4.78, 5) is 37.1.